The Kier molecular flexibility index (Phi) is 7.19. The molecule has 0 saturated carbocycles. The maximum atomic E-state index is 13.2. The minimum Gasteiger partial charge on any atom is -0.483 e. The average Bonchev–Trinajstić information content (AvgIpc) is 2.78. The summed E-state index contributed by atoms with van der Waals surface area (Å²) in [4.78, 5) is 21.8. The number of nitrogens with zero attached hydrogens (tertiary/aromatic N) is 2. The molecule has 0 bridgehead atoms. The average molecular weight is 489 g/mol. The van der Waals surface area contributed by atoms with E-state index in [0.717, 1.165) is 12.1 Å². The number of morpholine rings is 1. The molecule has 10 nitrogen and oxygen atoms in total. The lowest BCUT2D eigenvalue weighted by Crippen LogP contribution is -2.40. The Morgan fingerprint density at radius 1 is 1.15 bits per heavy atom. The quantitative estimate of drug-likeness (QED) is 0.468. The van der Waals surface area contributed by atoms with Crippen LogP contribution in [0.25, 0.3) is 0 Å². The number of hydrogen-bond acceptors (Lipinski definition) is 7. The number of carbonyl (C=O) groups is 1. The smallest absolute Gasteiger partial charge is 0.420 e. The summed E-state index contributed by atoms with van der Waals surface area (Å²) in [5.41, 5.74) is -1.96. The van der Waals surface area contributed by atoms with Crippen LogP contribution in [0, 0.1) is 10.1 Å². The number of nitro benzene ring substituents is 1. The highest BCUT2D eigenvalue weighted by Crippen LogP contribution is 2.38. The van der Waals surface area contributed by atoms with Gasteiger partial charge in [-0.05, 0) is 30.3 Å². The molecule has 14 heteroatoms. The fourth-order valence-corrected chi connectivity index (χ4v) is 4.37. The van der Waals surface area contributed by atoms with Gasteiger partial charge in [0.15, 0.2) is 6.61 Å². The first-order valence-corrected chi connectivity index (χ1v) is 10.9. The number of nitrogens with one attached hydrogen (secondary N) is 1. The second-order valence-electron chi connectivity index (χ2n) is 6.81. The van der Waals surface area contributed by atoms with Gasteiger partial charge < -0.3 is 14.8 Å². The Bertz CT molecular complexity index is 1130. The molecule has 1 aliphatic heterocycles. The highest BCUT2D eigenvalue weighted by Gasteiger charge is 2.36. The largest absolute Gasteiger partial charge is 0.483 e. The molecular formula is C19H18F3N3O7S. The van der Waals surface area contributed by atoms with Gasteiger partial charge in [0, 0.05) is 30.9 Å². The Hall–Kier alpha value is -3.23. The van der Waals surface area contributed by atoms with Gasteiger partial charge in [-0.1, -0.05) is 0 Å². The molecule has 2 aromatic rings. The zero-order valence-electron chi connectivity index (χ0n) is 16.9. The van der Waals surface area contributed by atoms with Crippen molar-refractivity contribution in [2.45, 2.75) is 11.1 Å². The first-order chi connectivity index (χ1) is 15.5. The topological polar surface area (TPSA) is 128 Å². The summed E-state index contributed by atoms with van der Waals surface area (Å²) >= 11 is 0. The number of non-ortho nitro benzene ring substituents is 1. The first-order valence-electron chi connectivity index (χ1n) is 9.45. The van der Waals surface area contributed by atoms with Crippen LogP contribution in [0.4, 0.5) is 24.5 Å². The summed E-state index contributed by atoms with van der Waals surface area (Å²) in [7, 11) is -3.72. The van der Waals surface area contributed by atoms with Crippen LogP contribution in [0.15, 0.2) is 47.4 Å². The van der Waals surface area contributed by atoms with E-state index in [1.807, 2.05) is 0 Å². The van der Waals surface area contributed by atoms with Gasteiger partial charge in [0.05, 0.1) is 23.0 Å². The number of anilines is 1. The highest BCUT2D eigenvalue weighted by molar-refractivity contribution is 7.89. The summed E-state index contributed by atoms with van der Waals surface area (Å²) in [5, 5.41) is 13.1. The fraction of sp³-hybridized carbons (Fsp3) is 0.316. The number of nitro groups is 1. The molecule has 2 aromatic carbocycles. The lowest BCUT2D eigenvalue weighted by atomic mass is 10.1. The lowest BCUT2D eigenvalue weighted by Gasteiger charge is -2.26. The van der Waals surface area contributed by atoms with Gasteiger partial charge in [0.2, 0.25) is 10.0 Å². The predicted octanol–water partition coefficient (Wildman–Crippen LogP) is 2.65. The summed E-state index contributed by atoms with van der Waals surface area (Å²) in [6.45, 7) is 0.215. The second-order valence-corrected chi connectivity index (χ2v) is 8.75. The molecule has 33 heavy (non-hydrogen) atoms. The van der Waals surface area contributed by atoms with Crippen molar-refractivity contribution >= 4 is 27.3 Å². The molecule has 0 aliphatic carbocycles. The molecule has 0 atom stereocenters. The maximum absolute atomic E-state index is 13.2. The Morgan fingerprint density at radius 3 is 2.36 bits per heavy atom. The number of alkyl halides is 3. The van der Waals surface area contributed by atoms with Crippen molar-refractivity contribution in [3.8, 4) is 5.75 Å². The molecule has 0 unspecified atom stereocenters. The van der Waals surface area contributed by atoms with Crippen molar-refractivity contribution in [2.75, 3.05) is 38.2 Å². The molecule has 1 aliphatic rings. The van der Waals surface area contributed by atoms with Gasteiger partial charge in [-0.2, -0.15) is 17.5 Å². The molecule has 1 N–H and O–H groups in total. The third-order valence-electron chi connectivity index (χ3n) is 4.58. The molecular weight excluding hydrogens is 471 g/mol. The lowest BCUT2D eigenvalue weighted by molar-refractivity contribution is -0.385. The molecule has 1 fully saturated rings. The third-order valence-corrected chi connectivity index (χ3v) is 6.50. The van der Waals surface area contributed by atoms with Crippen LogP contribution >= 0.6 is 0 Å². The van der Waals surface area contributed by atoms with Crippen LogP contribution in [-0.4, -0.2) is 56.5 Å². The first kappa shape index (κ1) is 24.4. The van der Waals surface area contributed by atoms with E-state index in [1.54, 1.807) is 0 Å². The van der Waals surface area contributed by atoms with Crippen molar-refractivity contribution in [1.29, 1.82) is 0 Å². The van der Waals surface area contributed by atoms with E-state index in [9.17, 15) is 36.5 Å². The van der Waals surface area contributed by atoms with E-state index in [-0.39, 0.29) is 36.9 Å². The van der Waals surface area contributed by atoms with Crippen LogP contribution in [0.5, 0.6) is 5.75 Å². The van der Waals surface area contributed by atoms with Crippen LogP contribution in [0.3, 0.4) is 0 Å². The van der Waals surface area contributed by atoms with Crippen LogP contribution in [0.2, 0.25) is 0 Å². The van der Waals surface area contributed by atoms with Crippen LogP contribution in [0.1, 0.15) is 5.56 Å². The number of sulfonamides is 1. The van der Waals surface area contributed by atoms with E-state index in [2.05, 4.69) is 5.32 Å². The second kappa shape index (κ2) is 9.72. The SMILES string of the molecule is O=C(COc1ccc([N+](=O)[O-])cc1C(F)(F)F)Nc1ccc(S(=O)(=O)N2CCOCC2)cc1. The minimum absolute atomic E-state index is 0.0133. The molecule has 0 radical (unpaired) electrons. The molecule has 178 valence electrons. The summed E-state index contributed by atoms with van der Waals surface area (Å²) < 4.78 is 76.0. The number of benzene rings is 2. The summed E-state index contributed by atoms with van der Waals surface area (Å²) in [6.07, 6.45) is -4.93. The normalized spacial score (nSPS) is 15.1. The molecule has 3 rings (SSSR count). The van der Waals surface area contributed by atoms with E-state index >= 15 is 0 Å². The number of hydrogen-bond donors (Lipinski definition) is 1. The van der Waals surface area contributed by atoms with Crippen molar-refractivity contribution < 1.29 is 40.8 Å². The highest BCUT2D eigenvalue weighted by atomic mass is 32.2. The molecule has 1 heterocycles. The number of ether oxygens (including phenoxy) is 2. The van der Waals surface area contributed by atoms with Crippen LogP contribution in [-0.2, 0) is 25.7 Å². The van der Waals surface area contributed by atoms with E-state index in [4.69, 9.17) is 9.47 Å². The maximum Gasteiger partial charge on any atom is 0.420 e. The minimum atomic E-state index is -4.93. The van der Waals surface area contributed by atoms with Gasteiger partial charge in [-0.3, -0.25) is 14.9 Å². The summed E-state index contributed by atoms with van der Waals surface area (Å²) in [5.74, 6) is -1.56. The Balaban J connectivity index is 1.64. The number of amides is 1. The van der Waals surface area contributed by atoms with Gasteiger partial charge >= 0.3 is 6.18 Å². The van der Waals surface area contributed by atoms with Gasteiger partial charge in [-0.15, -0.1) is 0 Å². The molecule has 0 aromatic heterocycles. The van der Waals surface area contributed by atoms with Gasteiger partial charge in [0.1, 0.15) is 11.3 Å². The standard InChI is InChI=1S/C19H18F3N3O7S/c20-19(21,22)16-11-14(25(27)28)3-6-17(16)32-12-18(26)23-13-1-4-15(5-2-13)33(29,30)24-7-9-31-10-8-24/h1-6,11H,7-10,12H2,(H,23,26). The fourth-order valence-electron chi connectivity index (χ4n) is 2.97. The van der Waals surface area contributed by atoms with E-state index < -0.39 is 50.6 Å². The third kappa shape index (κ3) is 5.97. The monoisotopic (exact) mass is 489 g/mol. The van der Waals surface area contributed by atoms with Crippen molar-refractivity contribution in [3.05, 3.63) is 58.1 Å². The number of rotatable bonds is 7. The number of carbonyl (C=O) groups excluding carboxylic acids is 1. The Morgan fingerprint density at radius 2 is 1.79 bits per heavy atom. The Labute approximate surface area is 186 Å². The molecule has 1 saturated heterocycles. The van der Waals surface area contributed by atoms with E-state index in [0.29, 0.717) is 6.07 Å². The van der Waals surface area contributed by atoms with E-state index in [1.165, 1.54) is 28.6 Å². The molecule has 0 spiro atoms. The zero-order valence-corrected chi connectivity index (χ0v) is 17.7. The predicted molar refractivity (Wildman–Crippen MR) is 108 cm³/mol. The van der Waals surface area contributed by atoms with Crippen molar-refractivity contribution in [2.24, 2.45) is 0 Å². The van der Waals surface area contributed by atoms with Crippen molar-refractivity contribution in [3.63, 3.8) is 0 Å². The number of halogens is 3. The van der Waals surface area contributed by atoms with Crippen molar-refractivity contribution in [1.82, 2.24) is 4.31 Å². The summed E-state index contributed by atoms with van der Waals surface area (Å²) in [6, 6.07) is 7.16. The van der Waals surface area contributed by atoms with Gasteiger partial charge in [0.25, 0.3) is 11.6 Å². The van der Waals surface area contributed by atoms with Gasteiger partial charge in [-0.25, -0.2) is 8.42 Å². The zero-order chi connectivity index (χ0) is 24.2. The molecule has 1 amide bonds. The van der Waals surface area contributed by atoms with Crippen LogP contribution < -0.4 is 10.1 Å².